The van der Waals surface area contributed by atoms with Crippen LogP contribution in [0.3, 0.4) is 0 Å². The fourth-order valence-electron chi connectivity index (χ4n) is 2.39. The zero-order valence-corrected chi connectivity index (χ0v) is 10.9. The molecule has 0 bridgehead atoms. The zero-order chi connectivity index (χ0) is 12.3. The van der Waals surface area contributed by atoms with Crippen molar-refractivity contribution in [3.63, 3.8) is 0 Å². The molecule has 1 aromatic rings. The van der Waals surface area contributed by atoms with Crippen LogP contribution < -0.4 is 11.1 Å². The van der Waals surface area contributed by atoms with E-state index in [0.29, 0.717) is 11.5 Å². The third-order valence-corrected chi connectivity index (χ3v) is 3.38. The van der Waals surface area contributed by atoms with Crippen molar-refractivity contribution in [2.24, 2.45) is 11.7 Å². The molecule has 1 saturated heterocycles. The Morgan fingerprint density at radius 2 is 1.94 bits per heavy atom. The van der Waals surface area contributed by atoms with Crippen LogP contribution in [0.5, 0.6) is 0 Å². The lowest BCUT2D eigenvalue weighted by atomic mass is 9.86. The number of nitrogens with zero attached hydrogens (tertiary/aromatic N) is 1. The van der Waals surface area contributed by atoms with Crippen molar-refractivity contribution in [2.75, 3.05) is 13.1 Å². The Labute approximate surface area is 112 Å². The van der Waals surface area contributed by atoms with Gasteiger partial charge in [0, 0.05) is 17.7 Å². The maximum absolute atomic E-state index is 10.9. The lowest BCUT2D eigenvalue weighted by Crippen LogP contribution is -2.34. The molecule has 1 aliphatic rings. The molecule has 6 heteroatoms. The predicted molar refractivity (Wildman–Crippen MR) is 72.9 cm³/mol. The summed E-state index contributed by atoms with van der Waals surface area (Å²) in [6.45, 7) is 1.89. The van der Waals surface area contributed by atoms with Gasteiger partial charge in [-0.2, -0.15) is 0 Å². The predicted octanol–water partition coefficient (Wildman–Crippen LogP) is 2.02. The van der Waals surface area contributed by atoms with E-state index in [0.717, 1.165) is 25.9 Å². The maximum atomic E-state index is 10.9. The maximum Gasteiger partial charge on any atom is 0.274 e. The van der Waals surface area contributed by atoms with E-state index in [4.69, 9.17) is 5.73 Å². The Balaban J connectivity index is 0.00000162. The van der Waals surface area contributed by atoms with Crippen molar-refractivity contribution in [3.8, 4) is 0 Å². The summed E-state index contributed by atoms with van der Waals surface area (Å²) < 4.78 is 0. The van der Waals surface area contributed by atoms with Crippen molar-refractivity contribution in [3.05, 3.63) is 39.9 Å². The fraction of sp³-hybridized carbons (Fsp3) is 0.500. The first-order valence-electron chi connectivity index (χ1n) is 5.90. The van der Waals surface area contributed by atoms with Gasteiger partial charge in [-0.3, -0.25) is 10.1 Å². The van der Waals surface area contributed by atoms with Crippen molar-refractivity contribution in [1.82, 2.24) is 5.32 Å². The number of nitro groups is 1. The Bertz CT molecular complexity index is 408. The molecule has 1 atom stereocenters. The molecule has 5 nitrogen and oxygen atoms in total. The molecular formula is C12H18ClN3O2. The number of para-hydroxylation sites is 1. The number of halogens is 1. The first kappa shape index (κ1) is 14.9. The summed E-state index contributed by atoms with van der Waals surface area (Å²) in [5.41, 5.74) is 6.97. The highest BCUT2D eigenvalue weighted by molar-refractivity contribution is 5.85. The summed E-state index contributed by atoms with van der Waals surface area (Å²) >= 11 is 0. The minimum Gasteiger partial charge on any atom is -0.323 e. The molecule has 1 fully saturated rings. The number of hydrogen-bond acceptors (Lipinski definition) is 4. The van der Waals surface area contributed by atoms with Gasteiger partial charge in [-0.05, 0) is 31.8 Å². The van der Waals surface area contributed by atoms with E-state index in [9.17, 15) is 10.1 Å². The highest BCUT2D eigenvalue weighted by Gasteiger charge is 2.26. The molecule has 18 heavy (non-hydrogen) atoms. The average Bonchev–Trinajstić information content (AvgIpc) is 2.39. The van der Waals surface area contributed by atoms with Crippen LogP contribution >= 0.6 is 12.4 Å². The molecule has 0 aliphatic carbocycles. The third-order valence-electron chi connectivity index (χ3n) is 3.38. The van der Waals surface area contributed by atoms with Crippen LogP contribution in [0.1, 0.15) is 24.4 Å². The van der Waals surface area contributed by atoms with Crippen LogP contribution in [0.25, 0.3) is 0 Å². The SMILES string of the molecule is Cl.N[C@@H](c1ccccc1[N+](=O)[O-])C1CCNCC1. The first-order valence-corrected chi connectivity index (χ1v) is 5.90. The van der Waals surface area contributed by atoms with Gasteiger partial charge in [-0.1, -0.05) is 18.2 Å². The fourth-order valence-corrected chi connectivity index (χ4v) is 2.39. The second-order valence-electron chi connectivity index (χ2n) is 4.43. The smallest absolute Gasteiger partial charge is 0.274 e. The average molecular weight is 272 g/mol. The summed E-state index contributed by atoms with van der Waals surface area (Å²) in [5, 5.41) is 14.2. The second kappa shape index (κ2) is 6.68. The van der Waals surface area contributed by atoms with Gasteiger partial charge in [-0.25, -0.2) is 0 Å². The normalized spacial score (nSPS) is 17.8. The van der Waals surface area contributed by atoms with E-state index in [-0.39, 0.29) is 29.1 Å². The summed E-state index contributed by atoms with van der Waals surface area (Å²) in [6.07, 6.45) is 1.96. The van der Waals surface area contributed by atoms with Gasteiger partial charge in [0.15, 0.2) is 0 Å². The molecule has 0 spiro atoms. The summed E-state index contributed by atoms with van der Waals surface area (Å²) in [7, 11) is 0. The number of piperidine rings is 1. The van der Waals surface area contributed by atoms with Crippen LogP contribution in [-0.2, 0) is 0 Å². The topological polar surface area (TPSA) is 81.2 Å². The largest absolute Gasteiger partial charge is 0.323 e. The van der Waals surface area contributed by atoms with Crippen molar-refractivity contribution in [2.45, 2.75) is 18.9 Å². The molecule has 1 heterocycles. The summed E-state index contributed by atoms with van der Waals surface area (Å²) in [5.74, 6) is 0.331. The monoisotopic (exact) mass is 271 g/mol. The Kier molecular flexibility index (Phi) is 5.53. The number of rotatable bonds is 3. The number of nitro benzene ring substituents is 1. The Morgan fingerprint density at radius 3 is 2.56 bits per heavy atom. The molecule has 3 N–H and O–H groups in total. The Morgan fingerprint density at radius 1 is 1.33 bits per heavy atom. The van der Waals surface area contributed by atoms with Gasteiger partial charge in [-0.15, -0.1) is 12.4 Å². The lowest BCUT2D eigenvalue weighted by Gasteiger charge is -2.28. The summed E-state index contributed by atoms with van der Waals surface area (Å²) in [6, 6.07) is 6.54. The van der Waals surface area contributed by atoms with Crippen molar-refractivity contribution in [1.29, 1.82) is 0 Å². The van der Waals surface area contributed by atoms with E-state index < -0.39 is 0 Å². The summed E-state index contributed by atoms with van der Waals surface area (Å²) in [4.78, 5) is 10.6. The quantitative estimate of drug-likeness (QED) is 0.651. The van der Waals surface area contributed by atoms with Crippen LogP contribution in [-0.4, -0.2) is 18.0 Å². The van der Waals surface area contributed by atoms with Gasteiger partial charge in [0.2, 0.25) is 0 Å². The van der Waals surface area contributed by atoms with Gasteiger partial charge in [0.05, 0.1) is 4.92 Å². The van der Waals surface area contributed by atoms with E-state index in [1.54, 1.807) is 12.1 Å². The molecule has 0 saturated carbocycles. The first-order chi connectivity index (χ1) is 8.20. The van der Waals surface area contributed by atoms with E-state index >= 15 is 0 Å². The van der Waals surface area contributed by atoms with Gasteiger partial charge in [0.25, 0.3) is 5.69 Å². The third kappa shape index (κ3) is 3.19. The van der Waals surface area contributed by atoms with Crippen LogP contribution in [0.15, 0.2) is 24.3 Å². The molecule has 2 rings (SSSR count). The van der Waals surface area contributed by atoms with E-state index in [1.807, 2.05) is 6.07 Å². The number of benzene rings is 1. The molecule has 0 aromatic heterocycles. The molecule has 100 valence electrons. The molecule has 0 unspecified atom stereocenters. The van der Waals surface area contributed by atoms with Crippen LogP contribution in [0, 0.1) is 16.0 Å². The number of hydrogen-bond donors (Lipinski definition) is 2. The molecule has 1 aromatic carbocycles. The molecular weight excluding hydrogens is 254 g/mol. The highest BCUT2D eigenvalue weighted by Crippen LogP contribution is 2.31. The zero-order valence-electron chi connectivity index (χ0n) is 10.0. The van der Waals surface area contributed by atoms with Crippen molar-refractivity contribution < 1.29 is 4.92 Å². The number of nitrogens with two attached hydrogens (primary N) is 1. The second-order valence-corrected chi connectivity index (χ2v) is 4.43. The molecule has 0 amide bonds. The van der Waals surface area contributed by atoms with Crippen LogP contribution in [0.4, 0.5) is 5.69 Å². The Hall–Kier alpha value is -1.17. The van der Waals surface area contributed by atoms with Crippen LogP contribution in [0.2, 0.25) is 0 Å². The van der Waals surface area contributed by atoms with Gasteiger partial charge >= 0.3 is 0 Å². The van der Waals surface area contributed by atoms with Crippen molar-refractivity contribution >= 4 is 18.1 Å². The minimum absolute atomic E-state index is 0. The molecule has 1 aliphatic heterocycles. The highest BCUT2D eigenvalue weighted by atomic mass is 35.5. The molecule has 0 radical (unpaired) electrons. The number of nitrogens with one attached hydrogen (secondary N) is 1. The standard InChI is InChI=1S/C12H17N3O2.ClH/c13-12(9-5-7-14-8-6-9)10-3-1-2-4-11(10)15(16)17;/h1-4,9,12,14H,5-8,13H2;1H/t12-;/m1./s1. The van der Waals surface area contributed by atoms with E-state index in [1.165, 1.54) is 6.07 Å². The van der Waals surface area contributed by atoms with E-state index in [2.05, 4.69) is 5.32 Å². The van der Waals surface area contributed by atoms with Gasteiger partial charge in [0.1, 0.15) is 0 Å². The lowest BCUT2D eigenvalue weighted by molar-refractivity contribution is -0.385. The minimum atomic E-state index is -0.351. The van der Waals surface area contributed by atoms with Gasteiger partial charge < -0.3 is 11.1 Å².